The van der Waals surface area contributed by atoms with Crippen LogP contribution < -0.4 is 15.4 Å². The van der Waals surface area contributed by atoms with Crippen molar-refractivity contribution >= 4 is 22.8 Å². The van der Waals surface area contributed by atoms with E-state index >= 15 is 0 Å². The van der Waals surface area contributed by atoms with Crippen molar-refractivity contribution in [3.8, 4) is 5.75 Å². The number of amides is 2. The first kappa shape index (κ1) is 34.4. The molecule has 0 bridgehead atoms. The number of hydrogen-bond donors (Lipinski definition) is 3. The van der Waals surface area contributed by atoms with Crippen molar-refractivity contribution in [2.75, 3.05) is 13.2 Å². The van der Waals surface area contributed by atoms with E-state index in [9.17, 15) is 14.7 Å². The minimum absolute atomic E-state index is 0.0769. The van der Waals surface area contributed by atoms with Gasteiger partial charge in [-0.15, -0.1) is 0 Å². The number of ether oxygens (including phenoxy) is 2. The number of carbonyl (C=O) groups is 2. The molecule has 230 valence electrons. The van der Waals surface area contributed by atoms with Crippen molar-refractivity contribution in [1.82, 2.24) is 10.6 Å². The summed E-state index contributed by atoms with van der Waals surface area (Å²) < 4.78 is 11.7. The van der Waals surface area contributed by atoms with Gasteiger partial charge in [0.15, 0.2) is 0 Å². The largest absolute Gasteiger partial charge is 0.493 e. The molecule has 0 aliphatic carbocycles. The number of benzene rings is 2. The van der Waals surface area contributed by atoms with Gasteiger partial charge >= 0.3 is 6.09 Å². The van der Waals surface area contributed by atoms with E-state index < -0.39 is 23.8 Å². The van der Waals surface area contributed by atoms with Crippen LogP contribution >= 0.6 is 0 Å². The van der Waals surface area contributed by atoms with Gasteiger partial charge in [0.2, 0.25) is 5.91 Å². The quantitative estimate of drug-likeness (QED) is 0.187. The lowest BCUT2D eigenvalue weighted by Gasteiger charge is -2.30. The van der Waals surface area contributed by atoms with Gasteiger partial charge in [0.25, 0.3) is 0 Å². The number of fused-ring (bicyclic) bond motifs is 1. The van der Waals surface area contributed by atoms with E-state index in [4.69, 9.17) is 9.47 Å². The van der Waals surface area contributed by atoms with Crippen LogP contribution in [0.25, 0.3) is 10.8 Å². The molecule has 4 atom stereocenters. The Kier molecular flexibility index (Phi) is 13.9. The van der Waals surface area contributed by atoms with E-state index in [0.717, 1.165) is 43.2 Å². The average molecular weight is 571 g/mol. The Morgan fingerprint density at radius 2 is 1.71 bits per heavy atom. The first-order valence-corrected chi connectivity index (χ1v) is 15.5. The highest BCUT2D eigenvalue weighted by Gasteiger charge is 2.30. The second-order valence-corrected chi connectivity index (χ2v) is 12.4. The Bertz CT molecular complexity index is 1110. The summed E-state index contributed by atoms with van der Waals surface area (Å²) in [6, 6.07) is 9.93. The van der Waals surface area contributed by atoms with Gasteiger partial charge in [-0.05, 0) is 88.3 Å². The molecule has 0 fully saturated rings. The van der Waals surface area contributed by atoms with Gasteiger partial charge in [0.05, 0.1) is 18.8 Å². The molecule has 0 aliphatic rings. The monoisotopic (exact) mass is 570 g/mol. The van der Waals surface area contributed by atoms with Crippen LogP contribution in [0.2, 0.25) is 0 Å². The van der Waals surface area contributed by atoms with E-state index in [1.54, 1.807) is 0 Å². The lowest BCUT2D eigenvalue weighted by Crippen LogP contribution is -2.47. The molecule has 41 heavy (non-hydrogen) atoms. The number of aryl methyl sites for hydroxylation is 1. The molecule has 0 saturated heterocycles. The standard InChI is InChI=1S/C34H54N2O5/c1-9-12-17-35-32(38)23(4)19-30(37)29(36-33(39)41-34(6,7)8)21-25(11-3)20-26-22-31(40-18-10-2)28-16-14-13-15-27(28)24(26)5/h13-16,22-23,25,29-30,37H,9-12,17-21H2,1-8H3,(H,35,38)(H,36,39)/t23?,25-,29-,30-/m0/s1. The van der Waals surface area contributed by atoms with Crippen molar-refractivity contribution in [3.63, 3.8) is 0 Å². The molecule has 0 saturated carbocycles. The van der Waals surface area contributed by atoms with Gasteiger partial charge in [0, 0.05) is 17.8 Å². The molecule has 0 aliphatic heterocycles. The molecule has 0 heterocycles. The van der Waals surface area contributed by atoms with Crippen molar-refractivity contribution in [3.05, 3.63) is 41.5 Å². The molecule has 0 spiro atoms. The van der Waals surface area contributed by atoms with Gasteiger partial charge in [-0.2, -0.15) is 0 Å². The fraction of sp³-hybridized carbons (Fsp3) is 0.647. The van der Waals surface area contributed by atoms with Crippen LogP contribution in [0, 0.1) is 18.8 Å². The summed E-state index contributed by atoms with van der Waals surface area (Å²) in [6.07, 6.45) is 3.84. The zero-order chi connectivity index (χ0) is 30.6. The van der Waals surface area contributed by atoms with E-state index in [-0.39, 0.29) is 24.2 Å². The Balaban J connectivity index is 2.28. The lowest BCUT2D eigenvalue weighted by atomic mass is 9.85. The third kappa shape index (κ3) is 11.2. The Morgan fingerprint density at radius 3 is 2.32 bits per heavy atom. The average Bonchev–Trinajstić information content (AvgIpc) is 2.91. The van der Waals surface area contributed by atoms with Crippen LogP contribution in [0.5, 0.6) is 5.75 Å². The number of hydrogen-bond acceptors (Lipinski definition) is 5. The second kappa shape index (κ2) is 16.6. The summed E-state index contributed by atoms with van der Waals surface area (Å²) >= 11 is 0. The number of rotatable bonds is 16. The van der Waals surface area contributed by atoms with Gasteiger partial charge < -0.3 is 25.2 Å². The molecular formula is C34H54N2O5. The second-order valence-electron chi connectivity index (χ2n) is 12.4. The molecule has 7 nitrogen and oxygen atoms in total. The molecule has 1 unspecified atom stereocenters. The fourth-order valence-corrected chi connectivity index (χ4v) is 5.12. The minimum Gasteiger partial charge on any atom is -0.493 e. The fourth-order valence-electron chi connectivity index (χ4n) is 5.12. The van der Waals surface area contributed by atoms with Gasteiger partial charge in [0.1, 0.15) is 11.4 Å². The van der Waals surface area contributed by atoms with Crippen molar-refractivity contribution in [2.24, 2.45) is 11.8 Å². The first-order chi connectivity index (χ1) is 19.4. The lowest BCUT2D eigenvalue weighted by molar-refractivity contribution is -0.125. The maximum absolute atomic E-state index is 12.8. The summed E-state index contributed by atoms with van der Waals surface area (Å²) in [6.45, 7) is 17.0. The van der Waals surface area contributed by atoms with Crippen LogP contribution in [0.3, 0.4) is 0 Å². The predicted octanol–water partition coefficient (Wildman–Crippen LogP) is 7.09. The number of unbranched alkanes of at least 4 members (excludes halogenated alkanes) is 1. The predicted molar refractivity (Wildman–Crippen MR) is 167 cm³/mol. The maximum atomic E-state index is 12.8. The molecule has 0 radical (unpaired) electrons. The summed E-state index contributed by atoms with van der Waals surface area (Å²) in [5.74, 6) is 0.610. The minimum atomic E-state index is -0.898. The Morgan fingerprint density at radius 1 is 1.02 bits per heavy atom. The smallest absolute Gasteiger partial charge is 0.407 e. The zero-order valence-electron chi connectivity index (χ0n) is 26.6. The van der Waals surface area contributed by atoms with E-state index in [1.165, 1.54) is 16.5 Å². The molecule has 2 aromatic carbocycles. The van der Waals surface area contributed by atoms with Crippen molar-refractivity contribution in [1.29, 1.82) is 0 Å². The van der Waals surface area contributed by atoms with E-state index in [1.807, 2.05) is 33.8 Å². The van der Waals surface area contributed by atoms with E-state index in [0.29, 0.717) is 19.6 Å². The third-order valence-corrected chi connectivity index (χ3v) is 7.56. The molecular weight excluding hydrogens is 516 g/mol. The SMILES string of the molecule is CCCCNC(=O)C(C)C[C@H](O)[C@H](C[C@@H](CC)Cc1cc(OCCC)c2ccccc2c1C)NC(=O)OC(C)(C)C. The maximum Gasteiger partial charge on any atom is 0.407 e. The van der Waals surface area contributed by atoms with Crippen molar-refractivity contribution in [2.45, 2.75) is 118 Å². The topological polar surface area (TPSA) is 96.9 Å². The first-order valence-electron chi connectivity index (χ1n) is 15.5. The van der Waals surface area contributed by atoms with Crippen LogP contribution in [0.15, 0.2) is 30.3 Å². The highest BCUT2D eigenvalue weighted by molar-refractivity contribution is 5.92. The van der Waals surface area contributed by atoms with Gasteiger partial charge in [-0.25, -0.2) is 4.79 Å². The molecule has 7 heteroatoms. The number of alkyl carbamates (subject to hydrolysis) is 1. The molecule has 2 aromatic rings. The number of aliphatic hydroxyl groups is 1. The Labute approximate surface area is 247 Å². The summed E-state index contributed by atoms with van der Waals surface area (Å²) in [4.78, 5) is 25.4. The van der Waals surface area contributed by atoms with Crippen molar-refractivity contribution < 1.29 is 24.2 Å². The third-order valence-electron chi connectivity index (χ3n) is 7.56. The van der Waals surface area contributed by atoms with Crippen LogP contribution in [-0.4, -0.2) is 48.0 Å². The van der Waals surface area contributed by atoms with Crippen LogP contribution in [0.4, 0.5) is 4.79 Å². The zero-order valence-corrected chi connectivity index (χ0v) is 26.6. The summed E-state index contributed by atoms with van der Waals surface area (Å²) in [7, 11) is 0. The summed E-state index contributed by atoms with van der Waals surface area (Å²) in [5, 5.41) is 19.5. The number of aliphatic hydroxyl groups excluding tert-OH is 1. The van der Waals surface area contributed by atoms with Gasteiger partial charge in [-0.3, -0.25) is 4.79 Å². The van der Waals surface area contributed by atoms with E-state index in [2.05, 4.69) is 62.6 Å². The van der Waals surface area contributed by atoms with Gasteiger partial charge in [-0.1, -0.05) is 64.8 Å². The molecule has 3 N–H and O–H groups in total. The normalized spacial score (nSPS) is 14.7. The number of nitrogens with one attached hydrogen (secondary N) is 2. The highest BCUT2D eigenvalue weighted by atomic mass is 16.6. The highest BCUT2D eigenvalue weighted by Crippen LogP contribution is 2.34. The molecule has 2 amide bonds. The Hall–Kier alpha value is -2.80. The molecule has 2 rings (SSSR count). The number of carbonyl (C=O) groups excluding carboxylic acids is 2. The van der Waals surface area contributed by atoms with Crippen LogP contribution in [0.1, 0.15) is 98.1 Å². The molecule has 0 aromatic heterocycles. The van der Waals surface area contributed by atoms with Crippen LogP contribution in [-0.2, 0) is 16.0 Å². The summed E-state index contributed by atoms with van der Waals surface area (Å²) in [5.41, 5.74) is 1.76.